The number of ether oxygens (including phenoxy) is 2. The average molecular weight is 472 g/mol. The summed E-state index contributed by atoms with van der Waals surface area (Å²) in [5.74, 6) is 1.28. The zero-order valence-corrected chi connectivity index (χ0v) is 19.4. The van der Waals surface area contributed by atoms with Crippen LogP contribution in [0.1, 0.15) is 23.2 Å². The molecule has 3 heterocycles. The second-order valence-electron chi connectivity index (χ2n) is 7.78. The van der Waals surface area contributed by atoms with Gasteiger partial charge in [0.2, 0.25) is 5.91 Å². The average Bonchev–Trinajstić information content (AvgIpc) is 2.88. The number of aryl methyl sites for hydroxylation is 1. The molecule has 0 fully saturated rings. The topological polar surface area (TPSA) is 119 Å². The predicted octanol–water partition coefficient (Wildman–Crippen LogP) is 3.69. The van der Waals surface area contributed by atoms with Gasteiger partial charge in [-0.3, -0.25) is 19.6 Å². The molecule has 0 spiro atoms. The Morgan fingerprint density at radius 3 is 2.60 bits per heavy atom. The molecule has 178 valence electrons. The van der Waals surface area contributed by atoms with Crippen molar-refractivity contribution in [3.63, 3.8) is 0 Å². The van der Waals surface area contributed by atoms with Crippen molar-refractivity contribution >= 4 is 11.6 Å². The van der Waals surface area contributed by atoms with Crippen molar-refractivity contribution in [2.75, 3.05) is 12.4 Å². The highest BCUT2D eigenvalue weighted by Gasteiger charge is 2.13. The van der Waals surface area contributed by atoms with Gasteiger partial charge in [0.15, 0.2) is 11.5 Å². The summed E-state index contributed by atoms with van der Waals surface area (Å²) in [4.78, 5) is 40.5. The van der Waals surface area contributed by atoms with Gasteiger partial charge in [0, 0.05) is 59.8 Å². The summed E-state index contributed by atoms with van der Waals surface area (Å²) in [6.07, 6.45) is 7.06. The molecule has 1 aromatic carbocycles. The number of aromatic nitrogens is 4. The predicted molar refractivity (Wildman–Crippen MR) is 131 cm³/mol. The maximum Gasteiger partial charge on any atom is 0.254 e. The minimum absolute atomic E-state index is 0.122. The van der Waals surface area contributed by atoms with E-state index < -0.39 is 0 Å². The van der Waals surface area contributed by atoms with Crippen LogP contribution in [0.25, 0.3) is 11.4 Å². The van der Waals surface area contributed by atoms with E-state index in [9.17, 15) is 9.59 Å². The highest BCUT2D eigenvalue weighted by Crippen LogP contribution is 2.31. The van der Waals surface area contributed by atoms with Gasteiger partial charge < -0.3 is 19.8 Å². The van der Waals surface area contributed by atoms with Crippen molar-refractivity contribution in [1.82, 2.24) is 19.9 Å². The van der Waals surface area contributed by atoms with Crippen LogP contribution in [-0.4, -0.2) is 33.0 Å². The van der Waals surface area contributed by atoms with E-state index in [0.29, 0.717) is 40.9 Å². The van der Waals surface area contributed by atoms with Crippen molar-refractivity contribution in [3.8, 4) is 22.9 Å². The number of carbonyl (C=O) groups excluding carboxylic acids is 1. The standard InChI is InChI=1S/C26H25N5O4/c1-17-21(26(33)31-25(29-17)19-4-3-11-28-15-19)6-8-24(32)30-20-5-7-22(34-2)23(14-20)35-16-18-9-12-27-13-10-18/h3-5,7,9-15H,6,8,16H2,1-2H3,(H,30,32)(H,29,31,33). The van der Waals surface area contributed by atoms with Gasteiger partial charge >= 0.3 is 0 Å². The van der Waals surface area contributed by atoms with E-state index in [0.717, 1.165) is 11.1 Å². The van der Waals surface area contributed by atoms with Crippen LogP contribution >= 0.6 is 0 Å². The smallest absolute Gasteiger partial charge is 0.254 e. The highest BCUT2D eigenvalue weighted by molar-refractivity contribution is 5.91. The van der Waals surface area contributed by atoms with E-state index in [2.05, 4.69) is 25.3 Å². The number of anilines is 1. The molecule has 0 saturated carbocycles. The van der Waals surface area contributed by atoms with E-state index in [1.54, 1.807) is 63.1 Å². The van der Waals surface area contributed by atoms with Crippen LogP contribution in [0.2, 0.25) is 0 Å². The van der Waals surface area contributed by atoms with Crippen molar-refractivity contribution in [3.05, 3.63) is 94.4 Å². The van der Waals surface area contributed by atoms with E-state index in [1.165, 1.54) is 0 Å². The molecular weight excluding hydrogens is 446 g/mol. The molecule has 0 unspecified atom stereocenters. The largest absolute Gasteiger partial charge is 0.493 e. The van der Waals surface area contributed by atoms with Gasteiger partial charge in [-0.1, -0.05) is 0 Å². The van der Waals surface area contributed by atoms with Gasteiger partial charge in [0.25, 0.3) is 5.56 Å². The molecule has 0 aliphatic carbocycles. The quantitative estimate of drug-likeness (QED) is 0.382. The van der Waals surface area contributed by atoms with E-state index in [4.69, 9.17) is 9.47 Å². The van der Waals surface area contributed by atoms with Crippen LogP contribution in [0.3, 0.4) is 0 Å². The number of nitrogens with one attached hydrogen (secondary N) is 2. The third-order valence-electron chi connectivity index (χ3n) is 5.35. The van der Waals surface area contributed by atoms with E-state index >= 15 is 0 Å². The van der Waals surface area contributed by atoms with E-state index in [1.807, 2.05) is 18.2 Å². The molecule has 1 amide bonds. The molecule has 0 saturated heterocycles. The summed E-state index contributed by atoms with van der Waals surface area (Å²) in [6.45, 7) is 2.10. The van der Waals surface area contributed by atoms with Crippen LogP contribution in [0.15, 0.2) is 72.0 Å². The van der Waals surface area contributed by atoms with Gasteiger partial charge in [0.1, 0.15) is 12.4 Å². The van der Waals surface area contributed by atoms with Gasteiger partial charge in [-0.05, 0) is 55.3 Å². The van der Waals surface area contributed by atoms with Gasteiger partial charge in [-0.25, -0.2) is 4.98 Å². The van der Waals surface area contributed by atoms with Gasteiger partial charge in [-0.2, -0.15) is 0 Å². The summed E-state index contributed by atoms with van der Waals surface area (Å²) >= 11 is 0. The minimum atomic E-state index is -0.264. The maximum atomic E-state index is 12.6. The van der Waals surface area contributed by atoms with Crippen LogP contribution in [-0.2, 0) is 17.8 Å². The van der Waals surface area contributed by atoms with Crippen LogP contribution in [0, 0.1) is 6.92 Å². The summed E-state index contributed by atoms with van der Waals surface area (Å²) in [7, 11) is 1.56. The van der Waals surface area contributed by atoms with Crippen LogP contribution < -0.4 is 20.3 Å². The first-order chi connectivity index (χ1) is 17.0. The zero-order valence-electron chi connectivity index (χ0n) is 19.4. The molecule has 0 aliphatic heterocycles. The first-order valence-electron chi connectivity index (χ1n) is 11.0. The molecule has 0 atom stereocenters. The molecule has 9 heteroatoms. The monoisotopic (exact) mass is 471 g/mol. The number of pyridine rings is 2. The lowest BCUT2D eigenvalue weighted by Crippen LogP contribution is -2.20. The van der Waals surface area contributed by atoms with Crippen LogP contribution in [0.5, 0.6) is 11.5 Å². The SMILES string of the molecule is COc1ccc(NC(=O)CCc2c(C)nc(-c3cccnc3)[nH]c2=O)cc1OCc1ccncc1. The number of rotatable bonds is 9. The molecule has 35 heavy (non-hydrogen) atoms. The molecule has 0 radical (unpaired) electrons. The number of methoxy groups -OCH3 is 1. The molecular formula is C26H25N5O4. The normalized spacial score (nSPS) is 10.6. The van der Waals surface area contributed by atoms with Gasteiger partial charge in [0.05, 0.1) is 7.11 Å². The number of hydrogen-bond donors (Lipinski definition) is 2. The molecule has 2 N–H and O–H groups in total. The number of H-pyrrole nitrogens is 1. The minimum Gasteiger partial charge on any atom is -0.493 e. The Bertz CT molecular complexity index is 1360. The maximum absolute atomic E-state index is 12.6. The summed E-state index contributed by atoms with van der Waals surface area (Å²) in [5.41, 5.74) is 3.04. The number of amides is 1. The highest BCUT2D eigenvalue weighted by atomic mass is 16.5. The zero-order chi connectivity index (χ0) is 24.6. The lowest BCUT2D eigenvalue weighted by atomic mass is 10.1. The second-order valence-corrected chi connectivity index (χ2v) is 7.78. The molecule has 4 rings (SSSR count). The number of hydrogen-bond acceptors (Lipinski definition) is 7. The fourth-order valence-electron chi connectivity index (χ4n) is 3.51. The molecule has 0 aliphatic rings. The number of nitrogens with zero attached hydrogens (tertiary/aromatic N) is 3. The Labute approximate surface area is 202 Å². The molecule has 3 aromatic heterocycles. The Kier molecular flexibility index (Phi) is 7.47. The Balaban J connectivity index is 1.40. The third-order valence-corrected chi connectivity index (χ3v) is 5.35. The van der Waals surface area contributed by atoms with Crippen molar-refractivity contribution in [2.24, 2.45) is 0 Å². The Morgan fingerprint density at radius 1 is 1.06 bits per heavy atom. The first-order valence-corrected chi connectivity index (χ1v) is 11.0. The second kappa shape index (κ2) is 11.1. The Morgan fingerprint density at radius 2 is 1.89 bits per heavy atom. The summed E-state index contributed by atoms with van der Waals surface area (Å²) in [5, 5.41) is 2.85. The summed E-state index contributed by atoms with van der Waals surface area (Å²) in [6, 6.07) is 12.5. The molecule has 0 bridgehead atoms. The van der Waals surface area contributed by atoms with Crippen molar-refractivity contribution in [1.29, 1.82) is 0 Å². The third kappa shape index (κ3) is 6.08. The number of carbonyl (C=O) groups is 1. The van der Waals surface area contributed by atoms with Crippen molar-refractivity contribution in [2.45, 2.75) is 26.4 Å². The number of aromatic amines is 1. The van der Waals surface area contributed by atoms with Gasteiger partial charge in [-0.15, -0.1) is 0 Å². The van der Waals surface area contributed by atoms with Crippen molar-refractivity contribution < 1.29 is 14.3 Å². The number of benzene rings is 1. The summed E-state index contributed by atoms with van der Waals surface area (Å²) < 4.78 is 11.3. The molecule has 9 nitrogen and oxygen atoms in total. The fourth-order valence-corrected chi connectivity index (χ4v) is 3.51. The Hall–Kier alpha value is -4.53. The first kappa shape index (κ1) is 23.6. The van der Waals surface area contributed by atoms with Crippen LogP contribution in [0.4, 0.5) is 5.69 Å². The van der Waals surface area contributed by atoms with E-state index in [-0.39, 0.29) is 24.3 Å². The fraction of sp³-hybridized carbons (Fsp3) is 0.192. The lowest BCUT2D eigenvalue weighted by molar-refractivity contribution is -0.116. The molecule has 4 aromatic rings. The lowest BCUT2D eigenvalue weighted by Gasteiger charge is -2.13.